The Morgan fingerprint density at radius 1 is 0.943 bits per heavy atom. The Bertz CT molecular complexity index is 1410. The SMILES string of the molecule is Cc1ccc(-n2c(SCc3csc(CC(=O)Nc4ccccc4)n3)nnc2-c2ccccc2)cc1. The van der Waals surface area contributed by atoms with E-state index in [1.54, 1.807) is 11.8 Å². The molecule has 174 valence electrons. The Morgan fingerprint density at radius 2 is 1.66 bits per heavy atom. The van der Waals surface area contributed by atoms with Crippen molar-refractivity contribution in [1.29, 1.82) is 0 Å². The van der Waals surface area contributed by atoms with E-state index in [9.17, 15) is 4.79 Å². The molecule has 2 heterocycles. The highest BCUT2D eigenvalue weighted by molar-refractivity contribution is 7.98. The summed E-state index contributed by atoms with van der Waals surface area (Å²) in [4.78, 5) is 17.0. The molecule has 6 nitrogen and oxygen atoms in total. The molecular weight excluding hydrogens is 474 g/mol. The molecule has 0 aliphatic heterocycles. The van der Waals surface area contributed by atoms with Crippen molar-refractivity contribution in [2.75, 3.05) is 5.32 Å². The molecule has 0 fully saturated rings. The number of anilines is 1. The number of aromatic nitrogens is 4. The summed E-state index contributed by atoms with van der Waals surface area (Å²) in [6.45, 7) is 2.07. The van der Waals surface area contributed by atoms with Gasteiger partial charge in [0.1, 0.15) is 5.01 Å². The molecule has 2 aromatic heterocycles. The molecule has 5 aromatic rings. The van der Waals surface area contributed by atoms with E-state index in [1.807, 2.05) is 66.0 Å². The number of amides is 1. The van der Waals surface area contributed by atoms with Crippen LogP contribution in [0.25, 0.3) is 17.1 Å². The maximum atomic E-state index is 12.4. The van der Waals surface area contributed by atoms with Crippen LogP contribution in [-0.2, 0) is 17.0 Å². The minimum absolute atomic E-state index is 0.0728. The van der Waals surface area contributed by atoms with E-state index in [2.05, 4.69) is 56.3 Å². The molecule has 0 aliphatic carbocycles. The normalized spacial score (nSPS) is 10.9. The van der Waals surface area contributed by atoms with Gasteiger partial charge >= 0.3 is 0 Å². The first-order valence-corrected chi connectivity index (χ1v) is 13.0. The zero-order chi connectivity index (χ0) is 24.0. The lowest BCUT2D eigenvalue weighted by Crippen LogP contribution is -2.14. The molecule has 0 aliphatic rings. The second-order valence-electron chi connectivity index (χ2n) is 7.96. The maximum Gasteiger partial charge on any atom is 0.231 e. The molecule has 0 atom stereocenters. The highest BCUT2D eigenvalue weighted by Gasteiger charge is 2.17. The van der Waals surface area contributed by atoms with Gasteiger partial charge in [0.05, 0.1) is 12.1 Å². The lowest BCUT2D eigenvalue weighted by Gasteiger charge is -2.10. The van der Waals surface area contributed by atoms with E-state index >= 15 is 0 Å². The fraction of sp³-hybridized carbons (Fsp3) is 0.111. The largest absolute Gasteiger partial charge is 0.326 e. The lowest BCUT2D eigenvalue weighted by atomic mass is 10.2. The van der Waals surface area contributed by atoms with E-state index in [-0.39, 0.29) is 12.3 Å². The summed E-state index contributed by atoms with van der Waals surface area (Å²) >= 11 is 3.08. The van der Waals surface area contributed by atoms with Crippen molar-refractivity contribution in [1.82, 2.24) is 19.7 Å². The molecule has 0 bridgehead atoms. The van der Waals surface area contributed by atoms with E-state index in [1.165, 1.54) is 16.9 Å². The fourth-order valence-corrected chi connectivity index (χ4v) is 5.31. The topological polar surface area (TPSA) is 72.7 Å². The number of hydrogen-bond acceptors (Lipinski definition) is 6. The van der Waals surface area contributed by atoms with Crippen LogP contribution in [0.1, 0.15) is 16.3 Å². The van der Waals surface area contributed by atoms with Gasteiger partial charge in [-0.05, 0) is 31.2 Å². The van der Waals surface area contributed by atoms with Gasteiger partial charge in [-0.3, -0.25) is 9.36 Å². The predicted molar refractivity (Wildman–Crippen MR) is 142 cm³/mol. The van der Waals surface area contributed by atoms with Gasteiger partial charge in [0.2, 0.25) is 5.91 Å². The molecular formula is C27H23N5OS2. The number of carbonyl (C=O) groups excluding carboxylic acids is 1. The molecule has 35 heavy (non-hydrogen) atoms. The maximum absolute atomic E-state index is 12.4. The summed E-state index contributed by atoms with van der Waals surface area (Å²) in [6.07, 6.45) is 0.252. The minimum atomic E-state index is -0.0728. The smallest absolute Gasteiger partial charge is 0.231 e. The number of rotatable bonds is 8. The number of aryl methyl sites for hydroxylation is 1. The van der Waals surface area contributed by atoms with Gasteiger partial charge in [-0.15, -0.1) is 21.5 Å². The summed E-state index contributed by atoms with van der Waals surface area (Å²) < 4.78 is 2.08. The van der Waals surface area contributed by atoms with Crippen molar-refractivity contribution >= 4 is 34.7 Å². The third-order valence-electron chi connectivity index (χ3n) is 5.28. The van der Waals surface area contributed by atoms with Crippen molar-refractivity contribution in [3.05, 3.63) is 107 Å². The number of hydrogen-bond donors (Lipinski definition) is 1. The molecule has 0 saturated heterocycles. The molecule has 0 radical (unpaired) electrons. The van der Waals surface area contributed by atoms with Crippen LogP contribution in [0.15, 0.2) is 95.5 Å². The second-order valence-corrected chi connectivity index (χ2v) is 9.84. The number of thiazole rings is 1. The number of para-hydroxylation sites is 1. The van der Waals surface area contributed by atoms with Crippen LogP contribution >= 0.6 is 23.1 Å². The Kier molecular flexibility index (Phi) is 7.02. The van der Waals surface area contributed by atoms with Gasteiger partial charge in [-0.2, -0.15) is 0 Å². The van der Waals surface area contributed by atoms with Crippen molar-refractivity contribution < 1.29 is 4.79 Å². The minimum Gasteiger partial charge on any atom is -0.326 e. The summed E-state index contributed by atoms with van der Waals surface area (Å²) in [5.74, 6) is 1.36. The zero-order valence-electron chi connectivity index (χ0n) is 19.1. The van der Waals surface area contributed by atoms with Crippen LogP contribution in [-0.4, -0.2) is 25.7 Å². The first-order valence-electron chi connectivity index (χ1n) is 11.1. The molecule has 1 N–H and O–H groups in total. The van der Waals surface area contributed by atoms with Crippen molar-refractivity contribution in [3.8, 4) is 17.1 Å². The summed E-state index contributed by atoms with van der Waals surface area (Å²) in [6, 6.07) is 27.9. The second kappa shape index (κ2) is 10.7. The van der Waals surface area contributed by atoms with Gasteiger partial charge in [0.25, 0.3) is 0 Å². The van der Waals surface area contributed by atoms with Crippen LogP contribution in [0.4, 0.5) is 5.69 Å². The first kappa shape index (κ1) is 23.0. The molecule has 0 spiro atoms. The Labute approximate surface area is 212 Å². The molecule has 0 saturated carbocycles. The number of carbonyl (C=O) groups is 1. The van der Waals surface area contributed by atoms with Gasteiger partial charge in [0.15, 0.2) is 11.0 Å². The van der Waals surface area contributed by atoms with Crippen LogP contribution in [0.3, 0.4) is 0 Å². The third kappa shape index (κ3) is 5.67. The molecule has 1 amide bonds. The average molecular weight is 498 g/mol. The standard InChI is InChI=1S/C27H23N5OS2/c1-19-12-14-23(15-13-19)32-26(20-8-4-2-5-9-20)30-31-27(32)35-18-22-17-34-25(29-22)16-24(33)28-21-10-6-3-7-11-21/h2-15,17H,16,18H2,1H3,(H,28,33). The third-order valence-corrected chi connectivity index (χ3v) is 7.14. The predicted octanol–water partition coefficient (Wildman–Crippen LogP) is 6.17. The number of nitrogens with one attached hydrogen (secondary N) is 1. The first-order chi connectivity index (χ1) is 17.2. The van der Waals surface area contributed by atoms with Gasteiger partial charge in [-0.1, -0.05) is 78.0 Å². The molecule has 8 heteroatoms. The summed E-state index contributed by atoms with van der Waals surface area (Å²) in [7, 11) is 0. The summed E-state index contributed by atoms with van der Waals surface area (Å²) in [5, 5.41) is 15.5. The van der Waals surface area contributed by atoms with Gasteiger partial charge in [0, 0.05) is 28.1 Å². The number of nitrogens with zero attached hydrogens (tertiary/aromatic N) is 4. The van der Waals surface area contributed by atoms with Crippen LogP contribution in [0, 0.1) is 6.92 Å². The lowest BCUT2D eigenvalue weighted by molar-refractivity contribution is -0.115. The summed E-state index contributed by atoms with van der Waals surface area (Å²) in [5.41, 5.74) is 4.92. The van der Waals surface area contributed by atoms with E-state index in [0.29, 0.717) is 5.75 Å². The highest BCUT2D eigenvalue weighted by Crippen LogP contribution is 2.30. The van der Waals surface area contributed by atoms with E-state index in [0.717, 1.165) is 38.6 Å². The van der Waals surface area contributed by atoms with Crippen molar-refractivity contribution in [2.45, 2.75) is 24.3 Å². The van der Waals surface area contributed by atoms with Gasteiger partial charge in [-0.25, -0.2) is 4.98 Å². The van der Waals surface area contributed by atoms with Crippen molar-refractivity contribution in [2.24, 2.45) is 0 Å². The Balaban J connectivity index is 1.31. The Morgan fingerprint density at radius 3 is 2.40 bits per heavy atom. The Hall–Kier alpha value is -3.75. The number of thioether (sulfide) groups is 1. The zero-order valence-corrected chi connectivity index (χ0v) is 20.7. The van der Waals surface area contributed by atoms with Crippen LogP contribution in [0.5, 0.6) is 0 Å². The van der Waals surface area contributed by atoms with Crippen LogP contribution in [0.2, 0.25) is 0 Å². The highest BCUT2D eigenvalue weighted by atomic mass is 32.2. The molecule has 0 unspecified atom stereocenters. The number of benzene rings is 3. The average Bonchev–Trinajstić information content (AvgIpc) is 3.51. The van der Waals surface area contributed by atoms with E-state index < -0.39 is 0 Å². The van der Waals surface area contributed by atoms with Crippen molar-refractivity contribution in [3.63, 3.8) is 0 Å². The quantitative estimate of drug-likeness (QED) is 0.260. The monoisotopic (exact) mass is 497 g/mol. The van der Waals surface area contributed by atoms with Gasteiger partial charge < -0.3 is 5.32 Å². The molecule has 3 aromatic carbocycles. The van der Waals surface area contributed by atoms with E-state index in [4.69, 9.17) is 0 Å². The van der Waals surface area contributed by atoms with Crippen LogP contribution < -0.4 is 5.32 Å². The molecule has 5 rings (SSSR count). The fourth-order valence-electron chi connectivity index (χ4n) is 3.56.